The van der Waals surface area contributed by atoms with Crippen LogP contribution in [0, 0.1) is 25.5 Å². The van der Waals surface area contributed by atoms with Crippen molar-refractivity contribution in [3.8, 4) is 0 Å². The Labute approximate surface area is 127 Å². The lowest BCUT2D eigenvalue weighted by molar-refractivity contribution is 0.463. The maximum absolute atomic E-state index is 13.5. The van der Waals surface area contributed by atoms with Crippen LogP contribution in [0.5, 0.6) is 0 Å². The van der Waals surface area contributed by atoms with Crippen LogP contribution < -0.4 is 10.6 Å². The van der Waals surface area contributed by atoms with Crippen molar-refractivity contribution in [2.24, 2.45) is 4.99 Å². The summed E-state index contributed by atoms with van der Waals surface area (Å²) in [5, 5.41) is 5.91. The fourth-order valence-corrected chi connectivity index (χ4v) is 1.85. The summed E-state index contributed by atoms with van der Waals surface area (Å²) in [6, 6.07) is 3.33. The van der Waals surface area contributed by atoms with E-state index in [1.165, 1.54) is 0 Å². The molecule has 0 saturated carbocycles. The Hall–Kier alpha value is -2.44. The first kappa shape index (κ1) is 15.9. The van der Waals surface area contributed by atoms with Gasteiger partial charge in [0.1, 0.15) is 17.4 Å². The van der Waals surface area contributed by atoms with Gasteiger partial charge in [-0.05, 0) is 32.0 Å². The van der Waals surface area contributed by atoms with E-state index in [4.69, 9.17) is 4.42 Å². The van der Waals surface area contributed by atoms with Gasteiger partial charge in [-0.15, -0.1) is 0 Å². The molecule has 2 rings (SSSR count). The summed E-state index contributed by atoms with van der Waals surface area (Å²) in [7, 11) is 1.59. The number of aliphatic imine (C=N–C) groups is 1. The normalized spacial score (nSPS) is 11.6. The third-order valence-corrected chi connectivity index (χ3v) is 3.16. The van der Waals surface area contributed by atoms with Crippen LogP contribution in [0.15, 0.2) is 27.6 Å². The van der Waals surface area contributed by atoms with Gasteiger partial charge in [-0.1, -0.05) is 0 Å². The number of nitrogens with one attached hydrogen (secondary N) is 2. The summed E-state index contributed by atoms with van der Waals surface area (Å²) >= 11 is 0. The molecule has 1 aromatic carbocycles. The molecule has 0 spiro atoms. The van der Waals surface area contributed by atoms with Gasteiger partial charge in [0.2, 0.25) is 5.89 Å². The minimum atomic E-state index is -0.480. The molecule has 0 aliphatic heterocycles. The summed E-state index contributed by atoms with van der Waals surface area (Å²) in [5.74, 6) is 0.795. The highest BCUT2D eigenvalue weighted by Crippen LogP contribution is 2.09. The van der Waals surface area contributed by atoms with Gasteiger partial charge in [-0.25, -0.2) is 13.8 Å². The van der Waals surface area contributed by atoms with E-state index in [1.54, 1.807) is 7.05 Å². The second-order valence-corrected chi connectivity index (χ2v) is 4.76. The van der Waals surface area contributed by atoms with Gasteiger partial charge in [-0.3, -0.25) is 4.99 Å². The van der Waals surface area contributed by atoms with Crippen molar-refractivity contribution in [3.63, 3.8) is 0 Å². The van der Waals surface area contributed by atoms with E-state index in [1.807, 2.05) is 13.8 Å². The highest BCUT2D eigenvalue weighted by molar-refractivity contribution is 5.79. The first-order valence-electron chi connectivity index (χ1n) is 6.81. The van der Waals surface area contributed by atoms with Gasteiger partial charge in [0.15, 0.2) is 5.96 Å². The lowest BCUT2D eigenvalue weighted by Crippen LogP contribution is -2.36. The van der Waals surface area contributed by atoms with E-state index < -0.39 is 11.6 Å². The number of benzene rings is 1. The first-order valence-corrected chi connectivity index (χ1v) is 6.81. The van der Waals surface area contributed by atoms with E-state index in [9.17, 15) is 8.78 Å². The molecule has 0 aliphatic carbocycles. The van der Waals surface area contributed by atoms with E-state index in [2.05, 4.69) is 20.6 Å². The Balaban J connectivity index is 1.91. The Bertz CT molecular complexity index is 663. The van der Waals surface area contributed by atoms with Gasteiger partial charge in [0, 0.05) is 19.2 Å². The number of hydrogen-bond acceptors (Lipinski definition) is 3. The van der Waals surface area contributed by atoms with Crippen molar-refractivity contribution in [3.05, 3.63) is 52.7 Å². The molecule has 118 valence electrons. The van der Waals surface area contributed by atoms with Crippen LogP contribution in [-0.2, 0) is 13.1 Å². The van der Waals surface area contributed by atoms with Crippen LogP contribution in [-0.4, -0.2) is 18.0 Å². The standard InChI is InChI=1S/C15H18F2N4O/c1-9-10(2)22-14(21-9)8-20-15(18-3)19-7-11-6-12(16)4-5-13(11)17/h4-6H,7-8H2,1-3H3,(H2,18,19,20). The van der Waals surface area contributed by atoms with Gasteiger partial charge >= 0.3 is 0 Å². The SMILES string of the molecule is CN=C(NCc1nc(C)c(C)o1)NCc1cc(F)ccc1F. The van der Waals surface area contributed by atoms with Crippen molar-refractivity contribution in [1.82, 2.24) is 15.6 Å². The Morgan fingerprint density at radius 2 is 1.95 bits per heavy atom. The predicted molar refractivity (Wildman–Crippen MR) is 79.4 cm³/mol. The van der Waals surface area contributed by atoms with Gasteiger partial charge in [0.25, 0.3) is 0 Å². The molecular weight excluding hydrogens is 290 g/mol. The molecule has 2 N–H and O–H groups in total. The molecule has 1 aromatic heterocycles. The zero-order valence-electron chi connectivity index (χ0n) is 12.7. The molecular formula is C15H18F2N4O. The van der Waals surface area contributed by atoms with Gasteiger partial charge in [0.05, 0.1) is 12.2 Å². The Morgan fingerprint density at radius 3 is 2.59 bits per heavy atom. The summed E-state index contributed by atoms with van der Waals surface area (Å²) in [4.78, 5) is 8.25. The molecule has 5 nitrogen and oxygen atoms in total. The summed E-state index contributed by atoms with van der Waals surface area (Å²) in [5.41, 5.74) is 1.06. The minimum absolute atomic E-state index is 0.118. The maximum Gasteiger partial charge on any atom is 0.214 e. The molecule has 0 radical (unpaired) electrons. The van der Waals surface area contributed by atoms with E-state index in [0.717, 1.165) is 29.7 Å². The predicted octanol–water partition coefficient (Wildman–Crippen LogP) is 2.43. The lowest BCUT2D eigenvalue weighted by Gasteiger charge is -2.11. The van der Waals surface area contributed by atoms with Crippen LogP contribution in [0.1, 0.15) is 22.9 Å². The number of rotatable bonds is 4. The number of hydrogen-bond donors (Lipinski definition) is 2. The molecule has 22 heavy (non-hydrogen) atoms. The second kappa shape index (κ2) is 7.02. The Kier molecular flexibility index (Phi) is 5.08. The maximum atomic E-state index is 13.5. The monoisotopic (exact) mass is 308 g/mol. The van der Waals surface area contributed by atoms with Crippen molar-refractivity contribution in [2.75, 3.05) is 7.05 Å². The number of oxazole rings is 1. The summed E-state index contributed by atoms with van der Waals surface area (Å²) < 4.78 is 32.1. The molecule has 0 amide bonds. The zero-order valence-corrected chi connectivity index (χ0v) is 12.7. The van der Waals surface area contributed by atoms with Crippen molar-refractivity contribution < 1.29 is 13.2 Å². The molecule has 1 heterocycles. The smallest absolute Gasteiger partial charge is 0.214 e. The average Bonchev–Trinajstić information content (AvgIpc) is 2.81. The number of aryl methyl sites for hydroxylation is 2. The molecule has 0 fully saturated rings. The summed E-state index contributed by atoms with van der Waals surface area (Å²) in [6.45, 7) is 4.17. The molecule has 0 saturated heterocycles. The summed E-state index contributed by atoms with van der Waals surface area (Å²) in [6.07, 6.45) is 0. The number of halogens is 2. The molecule has 0 unspecified atom stereocenters. The van der Waals surface area contributed by atoms with Crippen LogP contribution in [0.25, 0.3) is 0 Å². The van der Waals surface area contributed by atoms with Gasteiger partial charge < -0.3 is 15.1 Å². The number of aromatic nitrogens is 1. The average molecular weight is 308 g/mol. The van der Waals surface area contributed by atoms with Gasteiger partial charge in [-0.2, -0.15) is 0 Å². The highest BCUT2D eigenvalue weighted by Gasteiger charge is 2.08. The zero-order chi connectivity index (χ0) is 16.1. The molecule has 0 aliphatic rings. The molecule has 0 bridgehead atoms. The largest absolute Gasteiger partial charge is 0.444 e. The fourth-order valence-electron chi connectivity index (χ4n) is 1.85. The second-order valence-electron chi connectivity index (χ2n) is 4.76. The first-order chi connectivity index (χ1) is 10.5. The number of guanidine groups is 1. The molecule has 0 atom stereocenters. The topological polar surface area (TPSA) is 62.5 Å². The Morgan fingerprint density at radius 1 is 1.23 bits per heavy atom. The quantitative estimate of drug-likeness (QED) is 0.673. The van der Waals surface area contributed by atoms with Crippen molar-refractivity contribution >= 4 is 5.96 Å². The van der Waals surface area contributed by atoms with Crippen LogP contribution >= 0.6 is 0 Å². The molecule has 2 aromatic rings. The highest BCUT2D eigenvalue weighted by atomic mass is 19.1. The van der Waals surface area contributed by atoms with E-state index in [-0.39, 0.29) is 12.1 Å². The number of nitrogens with zero attached hydrogens (tertiary/aromatic N) is 2. The van der Waals surface area contributed by atoms with E-state index in [0.29, 0.717) is 18.4 Å². The third-order valence-electron chi connectivity index (χ3n) is 3.16. The molecule has 7 heteroatoms. The fraction of sp³-hybridized carbons (Fsp3) is 0.333. The van der Waals surface area contributed by atoms with Crippen LogP contribution in [0.3, 0.4) is 0 Å². The minimum Gasteiger partial charge on any atom is -0.444 e. The van der Waals surface area contributed by atoms with Crippen LogP contribution in [0.2, 0.25) is 0 Å². The lowest BCUT2D eigenvalue weighted by atomic mass is 10.2. The third kappa shape index (κ3) is 4.03. The van der Waals surface area contributed by atoms with E-state index >= 15 is 0 Å². The van der Waals surface area contributed by atoms with Crippen molar-refractivity contribution in [2.45, 2.75) is 26.9 Å². The van der Waals surface area contributed by atoms with Crippen molar-refractivity contribution in [1.29, 1.82) is 0 Å². The van der Waals surface area contributed by atoms with Crippen LogP contribution in [0.4, 0.5) is 8.78 Å².